The summed E-state index contributed by atoms with van der Waals surface area (Å²) in [7, 11) is -14.0. The van der Waals surface area contributed by atoms with E-state index in [9.17, 15) is 0 Å². The Morgan fingerprint density at radius 2 is 0.444 bits per heavy atom. The van der Waals surface area contributed by atoms with Crippen LogP contribution >= 0.6 is 0 Å². The Labute approximate surface area is 160 Å². The van der Waals surface area contributed by atoms with Crippen LogP contribution in [-0.4, -0.2) is 58.0 Å². The second-order valence-corrected chi connectivity index (χ2v) is 4.03. The molecule has 0 atom stereocenters. The molecule has 0 fully saturated rings. The van der Waals surface area contributed by atoms with Crippen molar-refractivity contribution in [3.8, 4) is 0 Å². The Hall–Kier alpha value is 2.04. The summed E-state index contributed by atoms with van der Waals surface area (Å²) in [6.07, 6.45) is 0. The molecule has 0 heterocycles. The predicted molar refractivity (Wildman–Crippen MR) is 46.1 cm³/mol. The van der Waals surface area contributed by atoms with Crippen molar-refractivity contribution >= 4 is 31.2 Å². The van der Waals surface area contributed by atoms with E-state index in [2.05, 4.69) is 0 Å². The molecule has 0 saturated heterocycles. The van der Waals surface area contributed by atoms with Crippen LogP contribution in [0.3, 0.4) is 0 Å². The van der Waals surface area contributed by atoms with Crippen molar-refractivity contribution in [2.75, 3.05) is 0 Å². The average Bonchev–Trinajstić information content (AvgIpc) is 1.41. The minimum Gasteiger partial charge on any atom is -0.412 e. The fourth-order valence-corrected chi connectivity index (χ4v) is 0. The third kappa shape index (κ3) is 1260. The summed E-state index contributed by atoms with van der Waals surface area (Å²) >= 11 is 0. The van der Waals surface area contributed by atoms with Crippen molar-refractivity contribution in [1.29, 1.82) is 0 Å². The zero-order valence-corrected chi connectivity index (χ0v) is 13.1. The van der Waals surface area contributed by atoms with E-state index in [0.29, 0.717) is 0 Å². The van der Waals surface area contributed by atoms with Crippen LogP contribution in [0.25, 0.3) is 0 Å². The summed E-state index contributed by atoms with van der Waals surface area (Å²) in [5.41, 5.74) is 0. The third-order valence-corrected chi connectivity index (χ3v) is 0. The molecule has 2 radical (unpaired) electrons. The van der Waals surface area contributed by atoms with E-state index >= 15 is 0 Å². The maximum atomic E-state index is 8.74. The van der Waals surface area contributed by atoms with E-state index in [0.717, 1.165) is 0 Å². The summed E-state index contributed by atoms with van der Waals surface area (Å²) in [5.74, 6) is 0. The summed E-state index contributed by atoms with van der Waals surface area (Å²) in [5, 5.41) is 0. The molecule has 0 rings (SSSR count). The van der Waals surface area contributed by atoms with Crippen LogP contribution in [0.2, 0.25) is 0 Å². The van der Waals surface area contributed by atoms with Crippen LogP contribution in [0, 0.1) is 73.7 Å². The number of hydrogen-bond acceptors (Lipinski definition) is 6. The van der Waals surface area contributed by atoms with Crippen molar-refractivity contribution in [1.82, 2.24) is 0 Å². The maximum Gasteiger partial charge on any atom is 0.394 e. The van der Waals surface area contributed by atoms with Gasteiger partial charge < -0.3 is 5.48 Å². The Kier molecular flexibility index (Phi) is 31.6. The summed E-state index contributed by atoms with van der Waals surface area (Å²) in [4.78, 5) is 0. The minimum absolute atomic E-state index is 0. The van der Waals surface area contributed by atoms with Gasteiger partial charge in [-0.25, -0.2) is 0 Å². The molecule has 0 aromatic rings. The van der Waals surface area contributed by atoms with Crippen molar-refractivity contribution in [3.63, 3.8) is 0 Å². The summed E-state index contributed by atoms with van der Waals surface area (Å²) < 4.78 is 94.8. The molecule has 0 aromatic carbocycles. The second-order valence-electron chi connectivity index (χ2n) is 1.34. The quantitative estimate of drug-likeness (QED) is 0.144. The average molecular weight is 662 g/mol. The molecule has 134 valence electrons. The van der Waals surface area contributed by atoms with Gasteiger partial charge in [0.25, 0.3) is 0 Å². The SMILES string of the molecule is O.O=S(=O)(O)O.O=S(=O)(O)O.O=S(=O)(O)O.[Lu].[Lu]. The standard InChI is InChI=1S/2Lu.3H2O4S.H2O/c;;3*1-5(2,3)4;/h;;3*(H2,1,2,3,4);1H2. The minimum atomic E-state index is -4.67. The van der Waals surface area contributed by atoms with E-state index < -0.39 is 31.2 Å². The smallest absolute Gasteiger partial charge is 0.394 e. The number of hydrogen-bond donors (Lipinski definition) is 6. The molecule has 13 nitrogen and oxygen atoms in total. The molecule has 0 saturated carbocycles. The van der Waals surface area contributed by atoms with Gasteiger partial charge in [-0.05, 0) is 0 Å². The van der Waals surface area contributed by atoms with E-state index in [1.807, 2.05) is 0 Å². The van der Waals surface area contributed by atoms with Gasteiger partial charge in [0.2, 0.25) is 0 Å². The zero-order valence-electron chi connectivity index (χ0n) is 7.37. The molecular weight excluding hydrogens is 654 g/mol. The molecule has 0 aliphatic heterocycles. The summed E-state index contributed by atoms with van der Waals surface area (Å²) in [6, 6.07) is 0. The van der Waals surface area contributed by atoms with Crippen molar-refractivity contribution in [3.05, 3.63) is 0 Å². The first-order chi connectivity index (χ1) is 6.00. The summed E-state index contributed by atoms with van der Waals surface area (Å²) in [6.45, 7) is 0. The maximum absolute atomic E-state index is 8.74. The van der Waals surface area contributed by atoms with Gasteiger partial charge >= 0.3 is 31.2 Å². The Bertz CT molecular complexity index is 341. The molecule has 0 unspecified atom stereocenters. The van der Waals surface area contributed by atoms with Crippen LogP contribution < -0.4 is 0 Å². The van der Waals surface area contributed by atoms with E-state index in [1.165, 1.54) is 0 Å². The van der Waals surface area contributed by atoms with Gasteiger partial charge in [-0.2, -0.15) is 25.3 Å². The molecule has 18 heavy (non-hydrogen) atoms. The molecule has 0 amide bonds. The largest absolute Gasteiger partial charge is 0.412 e. The topological polar surface area (TPSA) is 255 Å². The van der Waals surface area contributed by atoms with E-state index in [-0.39, 0.29) is 79.2 Å². The monoisotopic (exact) mass is 662 g/mol. The van der Waals surface area contributed by atoms with Gasteiger partial charge in [0.15, 0.2) is 0 Å². The first-order valence-corrected chi connectivity index (χ1v) is 6.29. The molecule has 18 heteroatoms. The molecule has 0 aliphatic carbocycles. The Morgan fingerprint density at radius 3 is 0.444 bits per heavy atom. The van der Waals surface area contributed by atoms with Gasteiger partial charge in [-0.1, -0.05) is 0 Å². The van der Waals surface area contributed by atoms with Gasteiger partial charge in [-0.15, -0.1) is 0 Å². The van der Waals surface area contributed by atoms with Crippen LogP contribution in [0.5, 0.6) is 0 Å². The van der Waals surface area contributed by atoms with Gasteiger partial charge in [0, 0.05) is 73.7 Å². The third-order valence-electron chi connectivity index (χ3n) is 0. The van der Waals surface area contributed by atoms with Crippen molar-refractivity contribution in [2.45, 2.75) is 0 Å². The fourth-order valence-electron chi connectivity index (χ4n) is 0. The second kappa shape index (κ2) is 15.4. The zero-order chi connectivity index (χ0) is 13.5. The number of rotatable bonds is 0. The van der Waals surface area contributed by atoms with Gasteiger partial charge in [0.05, 0.1) is 0 Å². The molecule has 0 bridgehead atoms. The van der Waals surface area contributed by atoms with Crippen molar-refractivity contribution in [2.24, 2.45) is 0 Å². The molecule has 0 aliphatic rings. The van der Waals surface area contributed by atoms with Gasteiger partial charge in [-0.3, -0.25) is 27.3 Å². The predicted octanol–water partition coefficient (Wildman–Crippen LogP) is -2.78. The van der Waals surface area contributed by atoms with Crippen LogP contribution in [0.15, 0.2) is 0 Å². The fraction of sp³-hybridized carbons (Fsp3) is 0. The van der Waals surface area contributed by atoms with Crippen LogP contribution in [0.4, 0.5) is 0 Å². The van der Waals surface area contributed by atoms with Gasteiger partial charge in [0.1, 0.15) is 0 Å². The Morgan fingerprint density at radius 1 is 0.444 bits per heavy atom. The molecular formula is H8Lu2O13S3. The molecule has 0 aromatic heterocycles. The Balaban J connectivity index is -0.0000000277. The van der Waals surface area contributed by atoms with E-state index in [4.69, 9.17) is 52.6 Å². The molecule has 0 spiro atoms. The van der Waals surface area contributed by atoms with Crippen molar-refractivity contribution < 1.29 is 132 Å². The molecule has 8 N–H and O–H groups in total. The van der Waals surface area contributed by atoms with Crippen LogP contribution in [-0.2, 0) is 31.2 Å². The normalized spacial score (nSPS) is 9.67. The van der Waals surface area contributed by atoms with E-state index in [1.54, 1.807) is 0 Å². The first-order valence-electron chi connectivity index (χ1n) is 2.10. The first kappa shape index (κ1) is 36.9. The van der Waals surface area contributed by atoms with Crippen LogP contribution in [0.1, 0.15) is 0 Å².